The van der Waals surface area contributed by atoms with Crippen LogP contribution in [0.4, 0.5) is 0 Å². The largest absolute Gasteiger partial charge is 0.379 e. The van der Waals surface area contributed by atoms with E-state index in [4.69, 9.17) is 4.18 Å². The van der Waals surface area contributed by atoms with Crippen LogP contribution in [-0.2, 0) is 10.1 Å². The highest BCUT2D eigenvalue weighted by Gasteiger charge is 2.15. The zero-order valence-corrected chi connectivity index (χ0v) is 14.9. The van der Waals surface area contributed by atoms with Crippen LogP contribution in [0.1, 0.15) is 39.7 Å². The number of rotatable bonds is 3. The van der Waals surface area contributed by atoms with E-state index in [2.05, 4.69) is 13.8 Å². The molecule has 0 aliphatic rings. The van der Waals surface area contributed by atoms with Gasteiger partial charge in [0, 0.05) is 0 Å². The monoisotopic (exact) mass is 322 g/mol. The summed E-state index contributed by atoms with van der Waals surface area (Å²) in [6.45, 7) is 10.1. The van der Waals surface area contributed by atoms with Gasteiger partial charge in [-0.2, -0.15) is 8.42 Å². The normalized spacial score (nSPS) is 9.68. The second kappa shape index (κ2) is 10.9. The number of benzene rings is 2. The fourth-order valence-electron chi connectivity index (χ4n) is 1.36. The molecule has 0 unspecified atom stereocenters. The number of para-hydroxylation sites is 1. The highest BCUT2D eigenvalue weighted by molar-refractivity contribution is 7.87. The topological polar surface area (TPSA) is 43.4 Å². The van der Waals surface area contributed by atoms with Crippen LogP contribution in [0.3, 0.4) is 0 Å². The molecule has 3 nitrogen and oxygen atoms in total. The molecule has 0 spiro atoms. The van der Waals surface area contributed by atoms with E-state index >= 15 is 0 Å². The van der Waals surface area contributed by atoms with Gasteiger partial charge in [0.05, 0.1) is 0 Å². The summed E-state index contributed by atoms with van der Waals surface area (Å²) in [7, 11) is -3.73. The van der Waals surface area contributed by atoms with Crippen LogP contribution in [0.2, 0.25) is 0 Å². The molecule has 0 radical (unpaired) electrons. The smallest absolute Gasteiger partial charge is 0.339 e. The summed E-state index contributed by atoms with van der Waals surface area (Å²) in [5.41, 5.74) is 1.00. The Hall–Kier alpha value is -1.81. The van der Waals surface area contributed by atoms with E-state index in [1.165, 1.54) is 18.6 Å². The Balaban J connectivity index is 0.000000789. The van der Waals surface area contributed by atoms with Crippen LogP contribution in [0, 0.1) is 6.92 Å². The van der Waals surface area contributed by atoms with Gasteiger partial charge in [-0.25, -0.2) is 0 Å². The average Bonchev–Trinajstić information content (AvgIpc) is 2.51. The highest BCUT2D eigenvalue weighted by atomic mass is 32.2. The molecule has 0 bridgehead atoms. The first-order valence-electron chi connectivity index (χ1n) is 7.55. The van der Waals surface area contributed by atoms with Gasteiger partial charge < -0.3 is 4.18 Å². The SMILES string of the molecule is CC.CCC.Cc1ccc(S(=O)(=O)Oc2ccccc2)cc1. The minimum absolute atomic E-state index is 0.159. The molecule has 2 aromatic carbocycles. The minimum atomic E-state index is -3.73. The van der Waals surface area contributed by atoms with Crippen molar-refractivity contribution in [2.75, 3.05) is 0 Å². The molecule has 0 fully saturated rings. The van der Waals surface area contributed by atoms with E-state index in [1.54, 1.807) is 42.5 Å². The van der Waals surface area contributed by atoms with Gasteiger partial charge in [-0.05, 0) is 31.2 Å². The average molecular weight is 322 g/mol. The van der Waals surface area contributed by atoms with Crippen LogP contribution in [-0.4, -0.2) is 8.42 Å². The molecule has 0 atom stereocenters. The van der Waals surface area contributed by atoms with Crippen molar-refractivity contribution in [3.8, 4) is 5.75 Å². The summed E-state index contributed by atoms with van der Waals surface area (Å²) < 4.78 is 28.8. The standard InChI is InChI=1S/C13H12O3S.C3H8.C2H6/c1-11-7-9-13(10-8-11)17(14,15)16-12-5-3-2-4-6-12;1-3-2;1-2/h2-10H,1H3;3H2,1-2H3;1-2H3. The van der Waals surface area contributed by atoms with E-state index in [1.807, 2.05) is 20.8 Å². The summed E-state index contributed by atoms with van der Waals surface area (Å²) in [6, 6.07) is 15.0. The molecule has 0 aliphatic heterocycles. The second-order valence-corrected chi connectivity index (χ2v) is 5.92. The molecule has 2 rings (SSSR count). The van der Waals surface area contributed by atoms with Gasteiger partial charge in [0.1, 0.15) is 10.6 Å². The van der Waals surface area contributed by atoms with Crippen molar-refractivity contribution in [2.45, 2.75) is 45.9 Å². The number of aryl methyl sites for hydroxylation is 1. The maximum absolute atomic E-state index is 11.9. The quantitative estimate of drug-likeness (QED) is 0.729. The van der Waals surface area contributed by atoms with Crippen LogP contribution in [0.5, 0.6) is 5.75 Å². The Kier molecular flexibility index (Phi) is 9.96. The summed E-state index contributed by atoms with van der Waals surface area (Å²) in [5.74, 6) is 0.313. The van der Waals surface area contributed by atoms with Crippen molar-refractivity contribution in [2.24, 2.45) is 0 Å². The van der Waals surface area contributed by atoms with Crippen LogP contribution < -0.4 is 4.18 Å². The Morgan fingerprint density at radius 1 is 0.864 bits per heavy atom. The van der Waals surface area contributed by atoms with Gasteiger partial charge in [-0.15, -0.1) is 0 Å². The molecule has 122 valence electrons. The number of hydrogen-bond acceptors (Lipinski definition) is 3. The Bertz CT molecular complexity index is 603. The van der Waals surface area contributed by atoms with E-state index in [0.717, 1.165) is 5.56 Å². The Labute approximate surface area is 135 Å². The molecule has 0 N–H and O–H groups in total. The van der Waals surface area contributed by atoms with Crippen LogP contribution in [0.15, 0.2) is 59.5 Å². The molecule has 0 amide bonds. The molecular weight excluding hydrogens is 296 g/mol. The zero-order chi connectivity index (χ0) is 17.0. The Morgan fingerprint density at radius 3 is 1.77 bits per heavy atom. The third-order valence-electron chi connectivity index (χ3n) is 2.26. The third kappa shape index (κ3) is 7.27. The summed E-state index contributed by atoms with van der Waals surface area (Å²) in [5, 5.41) is 0. The lowest BCUT2D eigenvalue weighted by molar-refractivity contribution is 0.486. The van der Waals surface area contributed by atoms with Gasteiger partial charge in [0.2, 0.25) is 0 Å². The van der Waals surface area contributed by atoms with Crippen molar-refractivity contribution in [1.82, 2.24) is 0 Å². The Morgan fingerprint density at radius 2 is 1.32 bits per heavy atom. The van der Waals surface area contributed by atoms with Gasteiger partial charge in [-0.1, -0.05) is 70.0 Å². The van der Waals surface area contributed by atoms with Crippen molar-refractivity contribution in [3.05, 3.63) is 60.2 Å². The van der Waals surface area contributed by atoms with E-state index in [0.29, 0.717) is 5.75 Å². The van der Waals surface area contributed by atoms with Gasteiger partial charge >= 0.3 is 10.1 Å². The fourth-order valence-corrected chi connectivity index (χ4v) is 2.29. The first-order chi connectivity index (χ1) is 10.5. The fraction of sp³-hybridized carbons (Fsp3) is 0.333. The molecule has 0 saturated carbocycles. The number of hydrogen-bond donors (Lipinski definition) is 0. The lowest BCUT2D eigenvalue weighted by Gasteiger charge is -2.06. The van der Waals surface area contributed by atoms with Crippen molar-refractivity contribution in [3.63, 3.8) is 0 Å². The molecule has 2 aromatic rings. The first kappa shape index (κ1) is 20.2. The second-order valence-electron chi connectivity index (χ2n) is 4.37. The summed E-state index contributed by atoms with van der Waals surface area (Å²) in [6.07, 6.45) is 1.25. The molecule has 0 aliphatic carbocycles. The van der Waals surface area contributed by atoms with E-state index < -0.39 is 10.1 Å². The summed E-state index contributed by atoms with van der Waals surface area (Å²) in [4.78, 5) is 0.159. The van der Waals surface area contributed by atoms with Gasteiger partial charge in [-0.3, -0.25) is 0 Å². The van der Waals surface area contributed by atoms with Crippen LogP contribution in [0.25, 0.3) is 0 Å². The molecule has 0 heterocycles. The third-order valence-corrected chi connectivity index (χ3v) is 3.52. The van der Waals surface area contributed by atoms with Crippen molar-refractivity contribution < 1.29 is 12.6 Å². The molecule has 4 heteroatoms. The first-order valence-corrected chi connectivity index (χ1v) is 8.96. The maximum Gasteiger partial charge on any atom is 0.339 e. The van der Waals surface area contributed by atoms with Gasteiger partial charge in [0.25, 0.3) is 0 Å². The highest BCUT2D eigenvalue weighted by Crippen LogP contribution is 2.18. The summed E-state index contributed by atoms with van der Waals surface area (Å²) >= 11 is 0. The van der Waals surface area contributed by atoms with Gasteiger partial charge in [0.15, 0.2) is 0 Å². The van der Waals surface area contributed by atoms with E-state index in [9.17, 15) is 8.42 Å². The minimum Gasteiger partial charge on any atom is -0.379 e. The lowest BCUT2D eigenvalue weighted by atomic mass is 10.2. The maximum atomic E-state index is 11.9. The molecule has 0 saturated heterocycles. The molecule has 22 heavy (non-hydrogen) atoms. The van der Waals surface area contributed by atoms with Crippen molar-refractivity contribution >= 4 is 10.1 Å². The predicted molar refractivity (Wildman–Crippen MR) is 92.7 cm³/mol. The van der Waals surface area contributed by atoms with Crippen LogP contribution >= 0.6 is 0 Å². The van der Waals surface area contributed by atoms with E-state index in [-0.39, 0.29) is 4.90 Å². The molecular formula is C18H26O3S. The predicted octanol–water partition coefficient (Wildman–Crippen LogP) is 5.21. The lowest BCUT2D eigenvalue weighted by Crippen LogP contribution is -2.09. The molecule has 0 aromatic heterocycles. The zero-order valence-electron chi connectivity index (χ0n) is 14.0. The van der Waals surface area contributed by atoms with Crippen molar-refractivity contribution in [1.29, 1.82) is 0 Å².